The number of benzene rings is 2. The lowest BCUT2D eigenvalue weighted by Crippen LogP contribution is -2.35. The van der Waals surface area contributed by atoms with Gasteiger partial charge in [0.2, 0.25) is 0 Å². The highest BCUT2D eigenvalue weighted by Gasteiger charge is 1.97. The van der Waals surface area contributed by atoms with Gasteiger partial charge in [0.1, 0.15) is 5.75 Å². The van der Waals surface area contributed by atoms with Crippen molar-refractivity contribution in [1.29, 1.82) is 0 Å². The Kier molecular flexibility index (Phi) is 5.38. The SMILES string of the molecule is Oc1ccc(CNC(=S)NCCc2ccccc2)cc1. The molecule has 3 nitrogen and oxygen atoms in total. The van der Waals surface area contributed by atoms with Crippen molar-refractivity contribution in [3.8, 4) is 5.75 Å². The molecule has 0 aliphatic carbocycles. The monoisotopic (exact) mass is 286 g/mol. The van der Waals surface area contributed by atoms with Gasteiger partial charge in [-0.05, 0) is 41.9 Å². The van der Waals surface area contributed by atoms with Crippen LogP contribution in [0.2, 0.25) is 0 Å². The van der Waals surface area contributed by atoms with Gasteiger partial charge in [0.25, 0.3) is 0 Å². The maximum absolute atomic E-state index is 9.20. The maximum Gasteiger partial charge on any atom is 0.166 e. The van der Waals surface area contributed by atoms with E-state index in [-0.39, 0.29) is 5.75 Å². The van der Waals surface area contributed by atoms with E-state index in [1.807, 2.05) is 30.3 Å². The first-order chi connectivity index (χ1) is 9.74. The van der Waals surface area contributed by atoms with E-state index in [2.05, 4.69) is 22.8 Å². The number of hydrogen-bond acceptors (Lipinski definition) is 2. The Hall–Kier alpha value is -2.07. The molecule has 3 N–H and O–H groups in total. The second-order valence-corrected chi connectivity index (χ2v) is 4.92. The Bertz CT molecular complexity index is 540. The minimum atomic E-state index is 0.275. The molecule has 2 aromatic rings. The first-order valence-electron chi connectivity index (χ1n) is 6.57. The molecule has 0 atom stereocenters. The number of aromatic hydroxyl groups is 1. The van der Waals surface area contributed by atoms with Crippen molar-refractivity contribution < 1.29 is 5.11 Å². The maximum atomic E-state index is 9.20. The van der Waals surface area contributed by atoms with Crippen LogP contribution in [0, 0.1) is 0 Å². The van der Waals surface area contributed by atoms with Crippen molar-refractivity contribution >= 4 is 17.3 Å². The molecular weight excluding hydrogens is 268 g/mol. The van der Waals surface area contributed by atoms with Crippen LogP contribution < -0.4 is 10.6 Å². The summed E-state index contributed by atoms with van der Waals surface area (Å²) < 4.78 is 0. The third-order valence-corrected chi connectivity index (χ3v) is 3.22. The largest absolute Gasteiger partial charge is 0.508 e. The Morgan fingerprint density at radius 3 is 2.30 bits per heavy atom. The van der Waals surface area contributed by atoms with Crippen molar-refractivity contribution in [3.63, 3.8) is 0 Å². The summed E-state index contributed by atoms with van der Waals surface area (Å²) in [6, 6.07) is 17.4. The Balaban J connectivity index is 1.67. The standard InChI is InChI=1S/C16H18N2OS/c19-15-8-6-14(7-9-15)12-18-16(20)17-11-10-13-4-2-1-3-5-13/h1-9,19H,10-12H2,(H2,17,18,20). The fraction of sp³-hybridized carbons (Fsp3) is 0.188. The van der Waals surface area contributed by atoms with Gasteiger partial charge in [0, 0.05) is 13.1 Å². The van der Waals surface area contributed by atoms with Gasteiger partial charge in [-0.15, -0.1) is 0 Å². The molecule has 0 unspecified atom stereocenters. The topological polar surface area (TPSA) is 44.3 Å². The van der Waals surface area contributed by atoms with E-state index in [1.54, 1.807) is 12.1 Å². The van der Waals surface area contributed by atoms with E-state index in [1.165, 1.54) is 5.56 Å². The Labute approximate surface area is 124 Å². The number of thiocarbonyl (C=S) groups is 1. The molecule has 104 valence electrons. The average Bonchev–Trinajstić information content (AvgIpc) is 2.48. The summed E-state index contributed by atoms with van der Waals surface area (Å²) >= 11 is 5.22. The van der Waals surface area contributed by atoms with Crippen LogP contribution in [-0.2, 0) is 13.0 Å². The molecule has 0 bridgehead atoms. The van der Waals surface area contributed by atoms with Crippen LogP contribution in [-0.4, -0.2) is 16.8 Å². The van der Waals surface area contributed by atoms with Gasteiger partial charge in [0.15, 0.2) is 5.11 Å². The lowest BCUT2D eigenvalue weighted by molar-refractivity contribution is 0.475. The fourth-order valence-electron chi connectivity index (χ4n) is 1.82. The Morgan fingerprint density at radius 1 is 0.900 bits per heavy atom. The van der Waals surface area contributed by atoms with Crippen LogP contribution in [0.3, 0.4) is 0 Å². The fourth-order valence-corrected chi connectivity index (χ4v) is 2.00. The van der Waals surface area contributed by atoms with E-state index in [0.717, 1.165) is 18.5 Å². The third-order valence-electron chi connectivity index (χ3n) is 2.93. The minimum Gasteiger partial charge on any atom is -0.508 e. The molecule has 0 aromatic heterocycles. The van der Waals surface area contributed by atoms with Crippen LogP contribution in [0.1, 0.15) is 11.1 Å². The van der Waals surface area contributed by atoms with Crippen LogP contribution in [0.5, 0.6) is 5.75 Å². The molecular formula is C16H18N2OS. The van der Waals surface area contributed by atoms with Crippen molar-refractivity contribution in [2.75, 3.05) is 6.54 Å². The molecule has 0 saturated carbocycles. The van der Waals surface area contributed by atoms with Gasteiger partial charge in [-0.2, -0.15) is 0 Å². The van der Waals surface area contributed by atoms with Crippen LogP contribution in [0.15, 0.2) is 54.6 Å². The predicted octanol–water partition coefficient (Wildman–Crippen LogP) is 2.60. The van der Waals surface area contributed by atoms with Crippen LogP contribution in [0.4, 0.5) is 0 Å². The summed E-state index contributed by atoms with van der Waals surface area (Å²) in [5, 5.41) is 16.2. The van der Waals surface area contributed by atoms with E-state index in [9.17, 15) is 5.11 Å². The lowest BCUT2D eigenvalue weighted by Gasteiger charge is -2.10. The molecule has 20 heavy (non-hydrogen) atoms. The minimum absolute atomic E-state index is 0.275. The van der Waals surface area contributed by atoms with Gasteiger partial charge in [-0.25, -0.2) is 0 Å². The highest BCUT2D eigenvalue weighted by Crippen LogP contribution is 2.09. The zero-order valence-electron chi connectivity index (χ0n) is 11.2. The molecule has 0 aliphatic heterocycles. The summed E-state index contributed by atoms with van der Waals surface area (Å²) in [7, 11) is 0. The molecule has 0 spiro atoms. The van der Waals surface area contributed by atoms with Gasteiger partial charge < -0.3 is 15.7 Å². The molecule has 2 rings (SSSR count). The van der Waals surface area contributed by atoms with Crippen molar-refractivity contribution in [1.82, 2.24) is 10.6 Å². The van der Waals surface area contributed by atoms with Crippen LogP contribution >= 0.6 is 12.2 Å². The van der Waals surface area contributed by atoms with E-state index in [4.69, 9.17) is 12.2 Å². The summed E-state index contributed by atoms with van der Waals surface area (Å²) in [4.78, 5) is 0. The highest BCUT2D eigenvalue weighted by atomic mass is 32.1. The molecule has 4 heteroatoms. The van der Waals surface area contributed by atoms with E-state index >= 15 is 0 Å². The third kappa shape index (κ3) is 4.90. The van der Waals surface area contributed by atoms with E-state index < -0.39 is 0 Å². The number of nitrogens with one attached hydrogen (secondary N) is 2. The smallest absolute Gasteiger partial charge is 0.166 e. The summed E-state index contributed by atoms with van der Waals surface area (Å²) in [6.45, 7) is 1.46. The zero-order valence-corrected chi connectivity index (χ0v) is 12.0. The zero-order chi connectivity index (χ0) is 14.2. The molecule has 0 saturated heterocycles. The average molecular weight is 286 g/mol. The summed E-state index contributed by atoms with van der Waals surface area (Å²) in [5.74, 6) is 0.275. The normalized spacial score (nSPS) is 10.0. The van der Waals surface area contributed by atoms with Crippen molar-refractivity contribution in [2.24, 2.45) is 0 Å². The predicted molar refractivity (Wildman–Crippen MR) is 85.7 cm³/mol. The summed E-state index contributed by atoms with van der Waals surface area (Å²) in [5.41, 5.74) is 2.37. The molecule has 0 aliphatic rings. The van der Waals surface area contributed by atoms with Gasteiger partial charge in [-0.3, -0.25) is 0 Å². The first-order valence-corrected chi connectivity index (χ1v) is 6.98. The number of phenolic OH excluding ortho intramolecular Hbond substituents is 1. The van der Waals surface area contributed by atoms with Gasteiger partial charge in [0.05, 0.1) is 0 Å². The Morgan fingerprint density at radius 2 is 1.60 bits per heavy atom. The quantitative estimate of drug-likeness (QED) is 0.739. The van der Waals surface area contributed by atoms with Gasteiger partial charge >= 0.3 is 0 Å². The van der Waals surface area contributed by atoms with Gasteiger partial charge in [-0.1, -0.05) is 42.5 Å². The molecule has 0 amide bonds. The second-order valence-electron chi connectivity index (χ2n) is 4.51. The highest BCUT2D eigenvalue weighted by molar-refractivity contribution is 7.80. The number of rotatable bonds is 5. The van der Waals surface area contributed by atoms with Crippen molar-refractivity contribution in [2.45, 2.75) is 13.0 Å². The van der Waals surface area contributed by atoms with Crippen molar-refractivity contribution in [3.05, 3.63) is 65.7 Å². The molecule has 0 radical (unpaired) electrons. The second kappa shape index (κ2) is 7.50. The molecule has 0 fully saturated rings. The van der Waals surface area contributed by atoms with E-state index in [0.29, 0.717) is 11.7 Å². The van der Waals surface area contributed by atoms with Crippen LogP contribution in [0.25, 0.3) is 0 Å². The molecule has 0 heterocycles. The number of hydrogen-bond donors (Lipinski definition) is 3. The first kappa shape index (κ1) is 14.3. The number of phenols is 1. The molecule has 2 aromatic carbocycles. The lowest BCUT2D eigenvalue weighted by atomic mass is 10.1. The summed E-state index contributed by atoms with van der Waals surface area (Å²) in [6.07, 6.45) is 0.946.